The molecule has 0 saturated carbocycles. The number of carbonyl (C=O) groups excluding carboxylic acids is 2. The van der Waals surface area contributed by atoms with Crippen molar-refractivity contribution in [2.75, 3.05) is 18.9 Å². The van der Waals surface area contributed by atoms with E-state index in [9.17, 15) is 9.59 Å². The first-order chi connectivity index (χ1) is 16.0. The average molecular weight is 461 g/mol. The molecule has 1 saturated heterocycles. The molecule has 4 rings (SSSR count). The van der Waals surface area contributed by atoms with E-state index in [1.807, 2.05) is 85.5 Å². The summed E-state index contributed by atoms with van der Waals surface area (Å²) in [6.45, 7) is 5.47. The van der Waals surface area contributed by atoms with Gasteiger partial charge in [-0.2, -0.15) is 0 Å². The Kier molecular flexibility index (Phi) is 7.35. The maximum atomic E-state index is 12.5. The molecule has 33 heavy (non-hydrogen) atoms. The Morgan fingerprint density at radius 2 is 1.82 bits per heavy atom. The standard InChI is InChI=1S/C27H28N2O3S/c1-19-8-13-24(20(2)16-19)32-15-14-28-26(31)22-9-11-23(12-10-22)27-29(25(30)18-33-27)17-21-6-4-3-5-7-21/h3-13,16,27H,14-15,17-18H2,1-2H3,(H,28,31). The van der Waals surface area contributed by atoms with Crippen LogP contribution in [-0.2, 0) is 11.3 Å². The smallest absolute Gasteiger partial charge is 0.251 e. The summed E-state index contributed by atoms with van der Waals surface area (Å²) in [5.74, 6) is 1.31. The van der Waals surface area contributed by atoms with Crippen LogP contribution in [0.1, 0.15) is 38.0 Å². The maximum absolute atomic E-state index is 12.5. The molecule has 1 N–H and O–H groups in total. The van der Waals surface area contributed by atoms with Gasteiger partial charge in [0.25, 0.3) is 5.91 Å². The monoisotopic (exact) mass is 460 g/mol. The predicted octanol–water partition coefficient (Wildman–Crippen LogP) is 4.89. The summed E-state index contributed by atoms with van der Waals surface area (Å²) in [7, 11) is 0. The number of nitrogens with one attached hydrogen (secondary N) is 1. The zero-order valence-electron chi connectivity index (χ0n) is 18.9. The zero-order valence-corrected chi connectivity index (χ0v) is 19.7. The molecule has 3 aromatic carbocycles. The van der Waals surface area contributed by atoms with E-state index in [2.05, 4.69) is 11.4 Å². The van der Waals surface area contributed by atoms with E-state index in [-0.39, 0.29) is 17.2 Å². The van der Waals surface area contributed by atoms with Crippen molar-refractivity contribution in [3.63, 3.8) is 0 Å². The number of hydrogen-bond donors (Lipinski definition) is 1. The van der Waals surface area contributed by atoms with Gasteiger partial charge >= 0.3 is 0 Å². The summed E-state index contributed by atoms with van der Waals surface area (Å²) >= 11 is 1.62. The summed E-state index contributed by atoms with van der Waals surface area (Å²) < 4.78 is 5.78. The Bertz CT molecular complexity index is 1120. The van der Waals surface area contributed by atoms with Crippen molar-refractivity contribution in [3.05, 3.63) is 101 Å². The van der Waals surface area contributed by atoms with E-state index in [0.29, 0.717) is 31.0 Å². The molecule has 0 radical (unpaired) electrons. The first-order valence-corrected chi connectivity index (χ1v) is 12.1. The second-order valence-corrected chi connectivity index (χ2v) is 9.23. The molecule has 0 aliphatic carbocycles. The number of nitrogens with zero attached hydrogens (tertiary/aromatic N) is 1. The lowest BCUT2D eigenvalue weighted by atomic mass is 10.1. The van der Waals surface area contributed by atoms with Gasteiger partial charge in [-0.3, -0.25) is 9.59 Å². The largest absolute Gasteiger partial charge is 0.491 e. The molecule has 1 aliphatic rings. The molecular weight excluding hydrogens is 432 g/mol. The minimum Gasteiger partial charge on any atom is -0.491 e. The molecule has 5 nitrogen and oxygen atoms in total. The van der Waals surface area contributed by atoms with Crippen LogP contribution in [0.5, 0.6) is 5.75 Å². The molecule has 1 heterocycles. The van der Waals surface area contributed by atoms with Crippen LogP contribution >= 0.6 is 11.8 Å². The molecule has 1 aliphatic heterocycles. The van der Waals surface area contributed by atoms with Crippen molar-refractivity contribution in [1.29, 1.82) is 0 Å². The van der Waals surface area contributed by atoms with Gasteiger partial charge in [0.2, 0.25) is 5.91 Å². The van der Waals surface area contributed by atoms with E-state index in [0.717, 1.165) is 22.4 Å². The van der Waals surface area contributed by atoms with Crippen LogP contribution in [-0.4, -0.2) is 35.6 Å². The van der Waals surface area contributed by atoms with Crippen LogP contribution in [0.4, 0.5) is 0 Å². The third kappa shape index (κ3) is 5.76. The highest BCUT2D eigenvalue weighted by Gasteiger charge is 2.32. The summed E-state index contributed by atoms with van der Waals surface area (Å²) in [4.78, 5) is 26.9. The van der Waals surface area contributed by atoms with Crippen LogP contribution in [0.3, 0.4) is 0 Å². The summed E-state index contributed by atoms with van der Waals surface area (Å²) in [5, 5.41) is 2.86. The molecule has 1 atom stereocenters. The number of ether oxygens (including phenoxy) is 1. The minimum absolute atomic E-state index is 0.0408. The molecule has 6 heteroatoms. The summed E-state index contributed by atoms with van der Waals surface area (Å²) in [5.41, 5.74) is 5.00. The van der Waals surface area contributed by atoms with Crippen LogP contribution in [0.15, 0.2) is 72.8 Å². The number of carbonyl (C=O) groups is 2. The van der Waals surface area contributed by atoms with Crippen molar-refractivity contribution in [1.82, 2.24) is 10.2 Å². The lowest BCUT2D eigenvalue weighted by molar-refractivity contribution is -0.128. The fraction of sp³-hybridized carbons (Fsp3) is 0.259. The number of rotatable bonds is 8. The zero-order chi connectivity index (χ0) is 23.2. The van der Waals surface area contributed by atoms with Gasteiger partial charge in [-0.15, -0.1) is 11.8 Å². The molecule has 1 unspecified atom stereocenters. The first kappa shape index (κ1) is 22.9. The number of aryl methyl sites for hydroxylation is 2. The minimum atomic E-state index is -0.137. The van der Waals surface area contributed by atoms with Crippen molar-refractivity contribution in [2.24, 2.45) is 0 Å². The van der Waals surface area contributed by atoms with Crippen LogP contribution in [0, 0.1) is 13.8 Å². The molecule has 1 fully saturated rings. The van der Waals surface area contributed by atoms with Crippen molar-refractivity contribution in [3.8, 4) is 5.75 Å². The van der Waals surface area contributed by atoms with E-state index >= 15 is 0 Å². The third-order valence-electron chi connectivity index (χ3n) is 5.60. The lowest BCUT2D eigenvalue weighted by Gasteiger charge is -2.24. The van der Waals surface area contributed by atoms with E-state index in [4.69, 9.17) is 4.74 Å². The van der Waals surface area contributed by atoms with Gasteiger partial charge in [0.15, 0.2) is 0 Å². The van der Waals surface area contributed by atoms with Crippen molar-refractivity contribution in [2.45, 2.75) is 25.8 Å². The molecule has 3 aromatic rings. The van der Waals surface area contributed by atoms with Gasteiger partial charge in [0.05, 0.1) is 12.3 Å². The Hall–Kier alpha value is -3.25. The van der Waals surface area contributed by atoms with Gasteiger partial charge in [0, 0.05) is 12.1 Å². The van der Waals surface area contributed by atoms with E-state index in [1.54, 1.807) is 11.8 Å². The number of hydrogen-bond acceptors (Lipinski definition) is 4. The fourth-order valence-corrected chi connectivity index (χ4v) is 5.06. The Morgan fingerprint density at radius 1 is 1.06 bits per heavy atom. The van der Waals surface area contributed by atoms with Gasteiger partial charge in [-0.05, 0) is 48.7 Å². The summed E-state index contributed by atoms with van der Waals surface area (Å²) in [6.07, 6.45) is 0. The second kappa shape index (κ2) is 10.6. The van der Waals surface area contributed by atoms with Gasteiger partial charge in [-0.25, -0.2) is 0 Å². The lowest BCUT2D eigenvalue weighted by Crippen LogP contribution is -2.28. The predicted molar refractivity (Wildman–Crippen MR) is 132 cm³/mol. The Morgan fingerprint density at radius 3 is 2.55 bits per heavy atom. The van der Waals surface area contributed by atoms with Crippen LogP contribution < -0.4 is 10.1 Å². The molecule has 2 amide bonds. The van der Waals surface area contributed by atoms with E-state index < -0.39 is 0 Å². The Balaban J connectivity index is 1.31. The molecule has 0 aromatic heterocycles. The van der Waals surface area contributed by atoms with Crippen molar-refractivity contribution < 1.29 is 14.3 Å². The quantitative estimate of drug-likeness (QED) is 0.487. The number of benzene rings is 3. The van der Waals surface area contributed by atoms with Gasteiger partial charge in [-0.1, -0.05) is 60.2 Å². The average Bonchev–Trinajstić information content (AvgIpc) is 3.18. The second-order valence-electron chi connectivity index (χ2n) is 8.17. The number of amides is 2. The highest BCUT2D eigenvalue weighted by atomic mass is 32.2. The molecule has 0 spiro atoms. The number of thioether (sulfide) groups is 1. The normalized spacial score (nSPS) is 15.5. The van der Waals surface area contributed by atoms with E-state index in [1.165, 1.54) is 5.56 Å². The SMILES string of the molecule is Cc1ccc(OCCNC(=O)c2ccc(C3SCC(=O)N3Cc3ccccc3)cc2)c(C)c1. The first-order valence-electron chi connectivity index (χ1n) is 11.0. The molecule has 170 valence electrons. The van der Waals surface area contributed by atoms with Crippen molar-refractivity contribution >= 4 is 23.6 Å². The third-order valence-corrected chi connectivity index (χ3v) is 6.85. The summed E-state index contributed by atoms with van der Waals surface area (Å²) in [6, 6.07) is 23.6. The maximum Gasteiger partial charge on any atom is 0.251 e. The van der Waals surface area contributed by atoms with Gasteiger partial charge < -0.3 is 15.0 Å². The highest BCUT2D eigenvalue weighted by Crippen LogP contribution is 2.39. The topological polar surface area (TPSA) is 58.6 Å². The highest BCUT2D eigenvalue weighted by molar-refractivity contribution is 8.00. The molecule has 0 bridgehead atoms. The fourth-order valence-electron chi connectivity index (χ4n) is 3.87. The Labute approximate surface area is 199 Å². The van der Waals surface area contributed by atoms with Crippen LogP contribution in [0.2, 0.25) is 0 Å². The van der Waals surface area contributed by atoms with Gasteiger partial charge in [0.1, 0.15) is 17.7 Å². The van der Waals surface area contributed by atoms with Crippen LogP contribution in [0.25, 0.3) is 0 Å². The molecular formula is C27H28N2O3S.